The van der Waals surface area contributed by atoms with Crippen molar-refractivity contribution in [1.82, 2.24) is 14.1 Å². The zero-order chi connectivity index (χ0) is 21.4. The largest absolute Gasteiger partial charge is 0.332 e. The average molecular weight is 400 g/mol. The van der Waals surface area contributed by atoms with E-state index in [1.54, 1.807) is 18.3 Å². The molecule has 0 atom stereocenters. The van der Waals surface area contributed by atoms with Gasteiger partial charge in [0.1, 0.15) is 11.2 Å². The lowest BCUT2D eigenvalue weighted by Gasteiger charge is -2.13. The summed E-state index contributed by atoms with van der Waals surface area (Å²) >= 11 is 0. The Labute approximate surface area is 174 Å². The third kappa shape index (κ3) is 3.41. The Hall–Kier alpha value is -3.67. The third-order valence-electron chi connectivity index (χ3n) is 5.28. The van der Waals surface area contributed by atoms with E-state index >= 15 is 0 Å². The molecule has 0 fully saturated rings. The Kier molecular flexibility index (Phi) is 4.99. The van der Waals surface area contributed by atoms with Crippen molar-refractivity contribution in [2.75, 3.05) is 5.32 Å². The molecule has 0 unspecified atom stereocenters. The number of amides is 1. The lowest BCUT2D eigenvalue weighted by molar-refractivity contribution is 0.102. The van der Waals surface area contributed by atoms with Crippen LogP contribution in [0.2, 0.25) is 0 Å². The highest BCUT2D eigenvalue weighted by Crippen LogP contribution is 2.20. The topological polar surface area (TPSA) is 68.9 Å². The highest BCUT2D eigenvalue weighted by molar-refractivity contribution is 6.05. The zero-order valence-corrected chi connectivity index (χ0v) is 17.6. The molecule has 4 aromatic rings. The third-order valence-corrected chi connectivity index (χ3v) is 5.28. The fraction of sp³-hybridized carbons (Fsp3) is 0.208. The Morgan fingerprint density at radius 3 is 2.47 bits per heavy atom. The molecule has 0 radical (unpaired) electrons. The molecule has 0 aliphatic rings. The highest BCUT2D eigenvalue weighted by Gasteiger charge is 2.16. The van der Waals surface area contributed by atoms with E-state index in [1.807, 2.05) is 56.5 Å². The molecule has 6 heteroatoms. The smallest absolute Gasteiger partial charge is 0.261 e. The van der Waals surface area contributed by atoms with Crippen LogP contribution in [0.5, 0.6) is 0 Å². The van der Waals surface area contributed by atoms with Crippen molar-refractivity contribution in [2.24, 2.45) is 0 Å². The summed E-state index contributed by atoms with van der Waals surface area (Å²) in [4.78, 5) is 30.4. The second-order valence-electron chi connectivity index (χ2n) is 7.44. The second kappa shape index (κ2) is 7.63. The van der Waals surface area contributed by atoms with Crippen LogP contribution >= 0.6 is 0 Å². The number of carbonyl (C=O) groups is 1. The van der Waals surface area contributed by atoms with Crippen LogP contribution < -0.4 is 10.7 Å². The van der Waals surface area contributed by atoms with Crippen LogP contribution in [0.4, 0.5) is 5.69 Å². The van der Waals surface area contributed by atoms with E-state index in [2.05, 4.69) is 27.0 Å². The Morgan fingerprint density at radius 1 is 1.03 bits per heavy atom. The summed E-state index contributed by atoms with van der Waals surface area (Å²) in [6.07, 6.45) is 1.59. The van der Waals surface area contributed by atoms with Gasteiger partial charge in [-0.1, -0.05) is 6.07 Å². The predicted molar refractivity (Wildman–Crippen MR) is 120 cm³/mol. The van der Waals surface area contributed by atoms with Gasteiger partial charge in [-0.2, -0.15) is 0 Å². The van der Waals surface area contributed by atoms with E-state index in [-0.39, 0.29) is 11.0 Å². The van der Waals surface area contributed by atoms with Crippen molar-refractivity contribution >= 4 is 22.6 Å². The number of hydrogen-bond acceptors (Lipinski definition) is 3. The van der Waals surface area contributed by atoms with E-state index in [0.29, 0.717) is 23.3 Å². The number of anilines is 1. The molecule has 30 heavy (non-hydrogen) atoms. The molecule has 0 saturated carbocycles. The van der Waals surface area contributed by atoms with Crippen molar-refractivity contribution in [3.63, 3.8) is 0 Å². The molecule has 0 saturated heterocycles. The van der Waals surface area contributed by atoms with Gasteiger partial charge < -0.3 is 14.5 Å². The Bertz CT molecular complexity index is 1310. The lowest BCUT2D eigenvalue weighted by Crippen LogP contribution is -2.24. The van der Waals surface area contributed by atoms with Gasteiger partial charge in [-0.05, 0) is 70.2 Å². The first-order chi connectivity index (χ1) is 14.4. The number of pyridine rings is 2. The van der Waals surface area contributed by atoms with E-state index in [0.717, 1.165) is 22.8 Å². The zero-order valence-electron chi connectivity index (χ0n) is 17.6. The number of nitrogens with zero attached hydrogens (tertiary/aromatic N) is 3. The number of fused-ring (bicyclic) bond motifs is 1. The fourth-order valence-electron chi connectivity index (χ4n) is 3.76. The standard InChI is InChI=1S/C24H24N4O2/c1-5-27-14-21(22(29)20-12-9-15(2)25-23(20)27)24(30)26-18-7-6-8-19(13-18)28-16(3)10-11-17(28)4/h6-14H,5H2,1-4H3,(H,26,30). The molecule has 1 amide bonds. The van der Waals surface area contributed by atoms with Gasteiger partial charge in [0.25, 0.3) is 5.91 Å². The van der Waals surface area contributed by atoms with Crippen LogP contribution in [0.25, 0.3) is 16.7 Å². The van der Waals surface area contributed by atoms with Gasteiger partial charge in [0.2, 0.25) is 5.43 Å². The maximum Gasteiger partial charge on any atom is 0.261 e. The summed E-state index contributed by atoms with van der Waals surface area (Å²) in [7, 11) is 0. The Morgan fingerprint density at radius 2 is 1.77 bits per heavy atom. The first-order valence-electron chi connectivity index (χ1n) is 9.96. The average Bonchev–Trinajstić information content (AvgIpc) is 3.06. The van der Waals surface area contributed by atoms with Crippen LogP contribution in [0, 0.1) is 20.8 Å². The monoisotopic (exact) mass is 400 g/mol. The van der Waals surface area contributed by atoms with Crippen LogP contribution in [-0.2, 0) is 6.54 Å². The molecular weight excluding hydrogens is 376 g/mol. The van der Waals surface area contributed by atoms with Crippen molar-refractivity contribution in [1.29, 1.82) is 0 Å². The molecular formula is C24H24N4O2. The number of rotatable bonds is 4. The van der Waals surface area contributed by atoms with Crippen LogP contribution in [0.1, 0.15) is 34.4 Å². The van der Waals surface area contributed by atoms with Crippen LogP contribution in [-0.4, -0.2) is 20.0 Å². The SMILES string of the molecule is CCn1cc(C(=O)Nc2cccc(-n3c(C)ccc3C)c2)c(=O)c2ccc(C)nc21. The first kappa shape index (κ1) is 19.6. The molecule has 0 bridgehead atoms. The minimum Gasteiger partial charge on any atom is -0.332 e. The summed E-state index contributed by atoms with van der Waals surface area (Å²) in [5, 5.41) is 3.33. The van der Waals surface area contributed by atoms with Gasteiger partial charge in [0.05, 0.1) is 5.39 Å². The van der Waals surface area contributed by atoms with E-state index in [4.69, 9.17) is 0 Å². The van der Waals surface area contributed by atoms with Gasteiger partial charge in [-0.3, -0.25) is 9.59 Å². The first-order valence-corrected chi connectivity index (χ1v) is 9.96. The van der Waals surface area contributed by atoms with Gasteiger partial charge in [-0.15, -0.1) is 0 Å². The molecule has 1 aromatic carbocycles. The molecule has 4 rings (SSSR count). The number of aryl methyl sites for hydroxylation is 4. The van der Waals surface area contributed by atoms with Gasteiger partial charge in [0.15, 0.2) is 0 Å². The minimum absolute atomic E-state index is 0.105. The predicted octanol–water partition coefficient (Wildman–Crippen LogP) is 4.38. The van der Waals surface area contributed by atoms with Crippen molar-refractivity contribution in [2.45, 2.75) is 34.2 Å². The summed E-state index contributed by atoms with van der Waals surface area (Å²) in [5.41, 5.74) is 5.03. The number of benzene rings is 1. The van der Waals surface area contributed by atoms with Crippen molar-refractivity contribution in [3.8, 4) is 5.69 Å². The molecule has 6 nitrogen and oxygen atoms in total. The lowest BCUT2D eigenvalue weighted by atomic mass is 10.1. The van der Waals surface area contributed by atoms with Gasteiger partial charge in [0, 0.05) is 41.2 Å². The summed E-state index contributed by atoms with van der Waals surface area (Å²) in [6.45, 7) is 8.52. The summed E-state index contributed by atoms with van der Waals surface area (Å²) < 4.78 is 3.95. The fourth-order valence-corrected chi connectivity index (χ4v) is 3.76. The van der Waals surface area contributed by atoms with E-state index < -0.39 is 5.91 Å². The van der Waals surface area contributed by atoms with E-state index in [1.165, 1.54) is 0 Å². The molecule has 0 aliphatic carbocycles. The summed E-state index contributed by atoms with van der Waals surface area (Å²) in [6, 6.07) is 15.2. The Balaban J connectivity index is 1.72. The second-order valence-corrected chi connectivity index (χ2v) is 7.44. The highest BCUT2D eigenvalue weighted by atomic mass is 16.2. The molecule has 3 heterocycles. The van der Waals surface area contributed by atoms with E-state index in [9.17, 15) is 9.59 Å². The number of hydrogen-bond donors (Lipinski definition) is 1. The van der Waals surface area contributed by atoms with Crippen molar-refractivity contribution < 1.29 is 4.79 Å². The van der Waals surface area contributed by atoms with Crippen LogP contribution in [0.3, 0.4) is 0 Å². The maximum atomic E-state index is 13.0. The van der Waals surface area contributed by atoms with Gasteiger partial charge >= 0.3 is 0 Å². The summed E-state index contributed by atoms with van der Waals surface area (Å²) in [5.74, 6) is -0.428. The molecule has 0 aliphatic heterocycles. The molecule has 3 aromatic heterocycles. The normalized spacial score (nSPS) is 11.1. The quantitative estimate of drug-likeness (QED) is 0.553. The molecule has 152 valence electrons. The molecule has 1 N–H and O–H groups in total. The number of carbonyl (C=O) groups excluding carboxylic acids is 1. The molecule has 0 spiro atoms. The maximum absolute atomic E-state index is 13.0. The number of aromatic nitrogens is 3. The van der Waals surface area contributed by atoms with Crippen LogP contribution in [0.15, 0.2) is 59.5 Å². The van der Waals surface area contributed by atoms with Gasteiger partial charge in [-0.25, -0.2) is 4.98 Å². The number of nitrogens with one attached hydrogen (secondary N) is 1. The van der Waals surface area contributed by atoms with Crippen molar-refractivity contribution in [3.05, 3.63) is 87.6 Å². The minimum atomic E-state index is -0.428.